The number of carbonyl (C=O) groups excluding carboxylic acids is 3. The zero-order valence-corrected chi connectivity index (χ0v) is 26.4. The first kappa shape index (κ1) is 35.6. The summed E-state index contributed by atoms with van der Waals surface area (Å²) in [6.45, 7) is 0.370. The van der Waals surface area contributed by atoms with Crippen molar-refractivity contribution in [3.8, 4) is 0 Å². The van der Waals surface area contributed by atoms with Crippen LogP contribution in [-0.4, -0.2) is 41.2 Å². The van der Waals surface area contributed by atoms with Crippen LogP contribution < -0.4 is 16.0 Å². The van der Waals surface area contributed by atoms with Gasteiger partial charge in [-0.05, 0) is 55.0 Å². The number of anilines is 3. The Hall–Kier alpha value is -3.24. The van der Waals surface area contributed by atoms with Crippen molar-refractivity contribution in [1.82, 2.24) is 0 Å². The number of amides is 3. The Morgan fingerprint density at radius 3 is 2.11 bits per heavy atom. The molecule has 1 aliphatic carbocycles. The second-order valence-corrected chi connectivity index (χ2v) is 14.4. The molecule has 3 aromatic rings. The van der Waals surface area contributed by atoms with Gasteiger partial charge in [0.1, 0.15) is 26.9 Å². The van der Waals surface area contributed by atoms with Crippen molar-refractivity contribution in [2.75, 3.05) is 16.0 Å². The molecular formula is C27H17Cl4F6N3O5S. The molecular weight excluding hydrogens is 734 g/mol. The Labute approximate surface area is 276 Å². The number of rotatable bonds is 8. The maximum Gasteiger partial charge on any atom is 0.498 e. The van der Waals surface area contributed by atoms with E-state index in [0.717, 1.165) is 12.1 Å². The minimum absolute atomic E-state index is 0.00105. The second-order valence-electron chi connectivity index (χ2n) is 9.85. The van der Waals surface area contributed by atoms with Gasteiger partial charge in [-0.1, -0.05) is 29.3 Å². The zero-order valence-electron chi connectivity index (χ0n) is 22.6. The van der Waals surface area contributed by atoms with Crippen LogP contribution >= 0.6 is 46.4 Å². The summed E-state index contributed by atoms with van der Waals surface area (Å²) in [5, 5.41) is 2.82. The van der Waals surface area contributed by atoms with Crippen LogP contribution in [0.1, 0.15) is 28.8 Å². The van der Waals surface area contributed by atoms with Crippen LogP contribution in [0, 0.1) is 23.4 Å². The lowest BCUT2D eigenvalue weighted by molar-refractivity contribution is -0.117. The molecule has 0 heterocycles. The Balaban J connectivity index is 1.51. The summed E-state index contributed by atoms with van der Waals surface area (Å²) in [6, 6.07) is 8.55. The average Bonchev–Trinajstić information content (AvgIpc) is 3.55. The van der Waals surface area contributed by atoms with Gasteiger partial charge in [0, 0.05) is 11.6 Å². The molecule has 3 aromatic carbocycles. The lowest BCUT2D eigenvalue weighted by Gasteiger charge is -2.17. The summed E-state index contributed by atoms with van der Waals surface area (Å²) in [5.41, 5.74) is -7.91. The number of benzene rings is 3. The summed E-state index contributed by atoms with van der Waals surface area (Å²) in [6.07, 6.45) is 0. The van der Waals surface area contributed by atoms with Gasteiger partial charge in [-0.15, -0.1) is 23.2 Å². The first-order chi connectivity index (χ1) is 21.2. The predicted octanol–water partition coefficient (Wildman–Crippen LogP) is 7.45. The summed E-state index contributed by atoms with van der Waals surface area (Å²) in [5.74, 6) is -9.37. The minimum Gasteiger partial charge on any atom is -0.326 e. The van der Waals surface area contributed by atoms with Crippen LogP contribution in [0.25, 0.3) is 0 Å². The van der Waals surface area contributed by atoms with Crippen LogP contribution in [0.15, 0.2) is 48.5 Å². The van der Waals surface area contributed by atoms with Gasteiger partial charge in [0.05, 0.1) is 27.2 Å². The Morgan fingerprint density at radius 2 is 1.50 bits per heavy atom. The van der Waals surface area contributed by atoms with Crippen molar-refractivity contribution >= 4 is 91.0 Å². The number of halogens is 10. The average molecular weight is 751 g/mol. The number of hydrogen-bond acceptors (Lipinski definition) is 5. The normalized spacial score (nSPS) is 18.0. The maximum absolute atomic E-state index is 15.1. The molecule has 246 valence electrons. The molecule has 0 aliphatic heterocycles. The third-order valence-corrected chi connectivity index (χ3v) is 10.2. The highest BCUT2D eigenvalue weighted by atomic mass is 35.5. The smallest absolute Gasteiger partial charge is 0.326 e. The van der Waals surface area contributed by atoms with Crippen molar-refractivity contribution in [1.29, 1.82) is 0 Å². The number of sulfone groups is 1. The molecule has 3 amide bonds. The lowest BCUT2D eigenvalue weighted by atomic mass is 10.1. The number of carbonyl (C=O) groups is 3. The SMILES string of the molecule is CC(C(=O)Nc1c(F)ccc(NC(=O)c2cc(NC(=O)[C@H]3[C@H](c4ccc(F)c(Cl)c4)C3(Cl)Cl)ccc2Cl)c1F)S(=O)(=O)C(F)(F)F. The van der Waals surface area contributed by atoms with Crippen LogP contribution in [0.4, 0.5) is 43.4 Å². The summed E-state index contributed by atoms with van der Waals surface area (Å²) in [7, 11) is -6.04. The highest BCUT2D eigenvalue weighted by Crippen LogP contribution is 2.65. The fraction of sp³-hybridized carbons (Fsp3) is 0.222. The van der Waals surface area contributed by atoms with E-state index in [2.05, 4.69) is 5.32 Å². The molecule has 3 N–H and O–H groups in total. The van der Waals surface area contributed by atoms with Gasteiger partial charge < -0.3 is 16.0 Å². The molecule has 19 heteroatoms. The van der Waals surface area contributed by atoms with Gasteiger partial charge in [0.15, 0.2) is 5.82 Å². The monoisotopic (exact) mass is 749 g/mol. The minimum atomic E-state index is -6.04. The van der Waals surface area contributed by atoms with Gasteiger partial charge in [0.2, 0.25) is 11.8 Å². The number of nitrogens with one attached hydrogen (secondary N) is 3. The van der Waals surface area contributed by atoms with Gasteiger partial charge in [-0.2, -0.15) is 13.2 Å². The third kappa shape index (κ3) is 6.88. The van der Waals surface area contributed by atoms with Gasteiger partial charge >= 0.3 is 5.51 Å². The molecule has 0 spiro atoms. The summed E-state index contributed by atoms with van der Waals surface area (Å²) in [4.78, 5) is 38.2. The second kappa shape index (κ2) is 12.8. The molecule has 1 saturated carbocycles. The van der Waals surface area contributed by atoms with Crippen molar-refractivity contribution in [3.63, 3.8) is 0 Å². The van der Waals surface area contributed by atoms with Crippen LogP contribution in [0.2, 0.25) is 10.0 Å². The quantitative estimate of drug-likeness (QED) is 0.163. The molecule has 1 aliphatic rings. The van der Waals surface area contributed by atoms with Crippen molar-refractivity contribution in [2.45, 2.75) is 27.9 Å². The largest absolute Gasteiger partial charge is 0.498 e. The van der Waals surface area contributed by atoms with Crippen molar-refractivity contribution in [3.05, 3.63) is 87.2 Å². The molecule has 1 fully saturated rings. The summed E-state index contributed by atoms with van der Waals surface area (Å²) >= 11 is 24.5. The van der Waals surface area contributed by atoms with E-state index >= 15 is 4.39 Å². The van der Waals surface area contributed by atoms with E-state index < -0.39 is 83.3 Å². The number of hydrogen-bond donors (Lipinski definition) is 3. The van der Waals surface area contributed by atoms with Gasteiger partial charge in [0.25, 0.3) is 15.7 Å². The van der Waals surface area contributed by atoms with Crippen LogP contribution in [-0.2, 0) is 19.4 Å². The maximum atomic E-state index is 15.1. The van der Waals surface area contributed by atoms with E-state index in [9.17, 15) is 44.8 Å². The topological polar surface area (TPSA) is 121 Å². The first-order valence-electron chi connectivity index (χ1n) is 12.5. The first-order valence-corrected chi connectivity index (χ1v) is 15.6. The van der Waals surface area contributed by atoms with Crippen LogP contribution in [0.5, 0.6) is 0 Å². The van der Waals surface area contributed by atoms with Crippen LogP contribution in [0.3, 0.4) is 0 Å². The highest BCUT2D eigenvalue weighted by Gasteiger charge is 2.67. The van der Waals surface area contributed by atoms with E-state index in [-0.39, 0.29) is 21.3 Å². The molecule has 0 radical (unpaired) electrons. The van der Waals surface area contributed by atoms with Crippen molar-refractivity contribution < 1.29 is 49.1 Å². The fourth-order valence-corrected chi connectivity index (χ4v) is 6.25. The van der Waals surface area contributed by atoms with Gasteiger partial charge in [-0.3, -0.25) is 14.4 Å². The molecule has 0 aromatic heterocycles. The molecule has 1 unspecified atom stereocenters. The Kier molecular flexibility index (Phi) is 9.87. The zero-order chi connectivity index (χ0) is 34.5. The Morgan fingerprint density at radius 1 is 0.870 bits per heavy atom. The van der Waals surface area contributed by atoms with E-state index in [1.54, 1.807) is 0 Å². The molecule has 3 atom stereocenters. The van der Waals surface area contributed by atoms with E-state index in [0.29, 0.717) is 24.6 Å². The summed E-state index contributed by atoms with van der Waals surface area (Å²) < 4.78 is 103. The number of alkyl halides is 5. The van der Waals surface area contributed by atoms with Crippen molar-refractivity contribution in [2.24, 2.45) is 5.92 Å². The molecule has 0 saturated heterocycles. The lowest BCUT2D eigenvalue weighted by Crippen LogP contribution is -2.40. The third-order valence-electron chi connectivity index (χ3n) is 6.86. The van der Waals surface area contributed by atoms with E-state index in [1.807, 2.05) is 5.32 Å². The van der Waals surface area contributed by atoms with Gasteiger partial charge in [-0.25, -0.2) is 21.6 Å². The fourth-order valence-electron chi connectivity index (χ4n) is 4.29. The molecule has 46 heavy (non-hydrogen) atoms. The molecule has 8 nitrogen and oxygen atoms in total. The van der Waals surface area contributed by atoms with E-state index in [1.165, 1.54) is 29.6 Å². The highest BCUT2D eigenvalue weighted by molar-refractivity contribution is 7.93. The Bertz CT molecular complexity index is 1880. The standard InChI is InChI=1S/C27H17Cl4F6N3O5S/c1-10(46(44,45)27(35,36)37)23(41)40-22-17(33)6-7-18(21(22)34)39-24(42)13-9-12(3-4-14(13)28)38-25(43)20-19(26(20,30)31)11-2-5-16(32)15(29)8-11/h2-10,19-20H,1H3,(H,38,43)(H,39,42)(H,40,41)/t10?,19-,20+/m0/s1. The molecule has 4 rings (SSSR count). The van der Waals surface area contributed by atoms with E-state index in [4.69, 9.17) is 46.4 Å². The predicted molar refractivity (Wildman–Crippen MR) is 160 cm³/mol. The molecule has 0 bridgehead atoms.